The SMILES string of the molecule is COc1cc(OC)c(OC)cc1/C=N/NC(=O)CSc1nnc(-c2ccc(Cl)cc2)n1-c1ccccc1. The van der Waals surface area contributed by atoms with Gasteiger partial charge in [-0.25, -0.2) is 5.43 Å². The van der Waals surface area contributed by atoms with Gasteiger partial charge in [0.1, 0.15) is 5.75 Å². The molecule has 9 nitrogen and oxygen atoms in total. The Hall–Kier alpha value is -4.02. The van der Waals surface area contributed by atoms with Crippen molar-refractivity contribution in [2.24, 2.45) is 5.10 Å². The van der Waals surface area contributed by atoms with Crippen LogP contribution >= 0.6 is 23.4 Å². The molecule has 4 rings (SSSR count). The van der Waals surface area contributed by atoms with E-state index in [-0.39, 0.29) is 11.7 Å². The van der Waals surface area contributed by atoms with Gasteiger partial charge in [-0.15, -0.1) is 10.2 Å². The molecule has 0 saturated heterocycles. The fourth-order valence-corrected chi connectivity index (χ4v) is 4.32. The largest absolute Gasteiger partial charge is 0.496 e. The van der Waals surface area contributed by atoms with Crippen molar-refractivity contribution in [3.63, 3.8) is 0 Å². The Bertz CT molecular complexity index is 1390. The molecule has 0 atom stereocenters. The molecule has 0 unspecified atom stereocenters. The van der Waals surface area contributed by atoms with Crippen molar-refractivity contribution in [1.82, 2.24) is 20.2 Å². The van der Waals surface area contributed by atoms with E-state index in [0.717, 1.165) is 11.3 Å². The summed E-state index contributed by atoms with van der Waals surface area (Å²) in [4.78, 5) is 12.6. The molecular formula is C26H24ClN5O4S. The zero-order chi connectivity index (χ0) is 26.2. The van der Waals surface area contributed by atoms with Crippen LogP contribution < -0.4 is 19.6 Å². The number of nitrogens with one attached hydrogen (secondary N) is 1. The average Bonchev–Trinajstić information content (AvgIpc) is 3.36. The number of aromatic nitrogens is 3. The standard InChI is InChI=1S/C26H24ClN5O4S/c1-34-21-14-23(36-3)22(35-2)13-18(21)15-28-29-24(33)16-37-26-31-30-25(17-9-11-19(27)12-10-17)32(26)20-7-5-4-6-8-20/h4-15H,16H2,1-3H3,(H,29,33)/b28-15+. The molecule has 0 aliphatic rings. The van der Waals surface area contributed by atoms with E-state index in [2.05, 4.69) is 20.7 Å². The summed E-state index contributed by atoms with van der Waals surface area (Å²) in [6.45, 7) is 0. The Labute approximate surface area is 223 Å². The highest BCUT2D eigenvalue weighted by molar-refractivity contribution is 7.99. The number of halogens is 1. The summed E-state index contributed by atoms with van der Waals surface area (Å²) in [5.74, 6) is 1.98. The van der Waals surface area contributed by atoms with Gasteiger partial charge in [-0.1, -0.05) is 41.6 Å². The van der Waals surface area contributed by atoms with Crippen LogP contribution in [0.5, 0.6) is 17.2 Å². The molecule has 1 amide bonds. The highest BCUT2D eigenvalue weighted by Crippen LogP contribution is 2.34. The highest BCUT2D eigenvalue weighted by atomic mass is 35.5. The van der Waals surface area contributed by atoms with Crippen molar-refractivity contribution >= 4 is 35.5 Å². The second-order valence-corrected chi connectivity index (χ2v) is 8.89. The van der Waals surface area contributed by atoms with E-state index in [1.54, 1.807) is 31.4 Å². The van der Waals surface area contributed by atoms with E-state index < -0.39 is 0 Å². The number of carbonyl (C=O) groups excluding carboxylic acids is 1. The summed E-state index contributed by atoms with van der Waals surface area (Å²) in [5.41, 5.74) is 4.87. The number of hydrogen-bond donors (Lipinski definition) is 1. The number of hydrazone groups is 1. The summed E-state index contributed by atoms with van der Waals surface area (Å²) in [6.07, 6.45) is 1.48. The van der Waals surface area contributed by atoms with E-state index >= 15 is 0 Å². The highest BCUT2D eigenvalue weighted by Gasteiger charge is 2.17. The summed E-state index contributed by atoms with van der Waals surface area (Å²) in [6, 6.07) is 20.4. The Balaban J connectivity index is 1.48. The zero-order valence-electron chi connectivity index (χ0n) is 20.3. The monoisotopic (exact) mass is 537 g/mol. The Morgan fingerprint density at radius 1 is 0.973 bits per heavy atom. The summed E-state index contributed by atoms with van der Waals surface area (Å²) >= 11 is 7.30. The van der Waals surface area contributed by atoms with Crippen LogP contribution in [-0.4, -0.2) is 54.0 Å². The number of rotatable bonds is 10. The first-order chi connectivity index (χ1) is 18.0. The quantitative estimate of drug-likeness (QED) is 0.175. The van der Waals surface area contributed by atoms with Gasteiger partial charge in [-0.2, -0.15) is 5.10 Å². The van der Waals surface area contributed by atoms with Crippen molar-refractivity contribution < 1.29 is 19.0 Å². The van der Waals surface area contributed by atoms with Crippen molar-refractivity contribution in [1.29, 1.82) is 0 Å². The third kappa shape index (κ3) is 6.22. The van der Waals surface area contributed by atoms with Crippen LogP contribution in [0.4, 0.5) is 0 Å². The maximum atomic E-state index is 12.6. The topological polar surface area (TPSA) is 99.9 Å². The third-order valence-corrected chi connectivity index (χ3v) is 6.39. The van der Waals surface area contributed by atoms with Crippen LogP contribution in [0.25, 0.3) is 17.1 Å². The fourth-order valence-electron chi connectivity index (χ4n) is 3.45. The first kappa shape index (κ1) is 26.1. The maximum absolute atomic E-state index is 12.6. The van der Waals surface area contributed by atoms with Gasteiger partial charge in [0.2, 0.25) is 0 Å². The van der Waals surface area contributed by atoms with E-state index in [9.17, 15) is 4.79 Å². The molecule has 0 spiro atoms. The predicted octanol–water partition coefficient (Wildman–Crippen LogP) is 4.86. The van der Waals surface area contributed by atoms with Gasteiger partial charge in [0.05, 0.1) is 33.3 Å². The number of para-hydroxylation sites is 1. The van der Waals surface area contributed by atoms with Gasteiger partial charge in [0, 0.05) is 27.9 Å². The molecule has 0 saturated carbocycles. The van der Waals surface area contributed by atoms with Gasteiger partial charge >= 0.3 is 0 Å². The molecule has 0 aliphatic heterocycles. The molecule has 0 fully saturated rings. The molecular weight excluding hydrogens is 514 g/mol. The van der Waals surface area contributed by atoms with Gasteiger partial charge in [0.25, 0.3) is 5.91 Å². The minimum atomic E-state index is -0.309. The molecule has 3 aromatic carbocycles. The summed E-state index contributed by atoms with van der Waals surface area (Å²) in [5, 5.41) is 14.0. The van der Waals surface area contributed by atoms with Crippen molar-refractivity contribution in [3.05, 3.63) is 77.3 Å². The number of methoxy groups -OCH3 is 3. The minimum Gasteiger partial charge on any atom is -0.496 e. The Morgan fingerprint density at radius 2 is 1.65 bits per heavy atom. The van der Waals surface area contributed by atoms with Gasteiger partial charge < -0.3 is 14.2 Å². The van der Waals surface area contributed by atoms with Crippen LogP contribution in [0.1, 0.15) is 5.56 Å². The van der Waals surface area contributed by atoms with E-state index in [4.69, 9.17) is 25.8 Å². The number of carbonyl (C=O) groups is 1. The molecule has 1 N–H and O–H groups in total. The predicted molar refractivity (Wildman–Crippen MR) is 144 cm³/mol. The van der Waals surface area contributed by atoms with E-state index in [1.807, 2.05) is 47.0 Å². The van der Waals surface area contributed by atoms with Crippen LogP contribution in [0, 0.1) is 0 Å². The van der Waals surface area contributed by atoms with Crippen molar-refractivity contribution in [3.8, 4) is 34.3 Å². The lowest BCUT2D eigenvalue weighted by molar-refractivity contribution is -0.118. The number of hydrogen-bond acceptors (Lipinski definition) is 8. The lowest BCUT2D eigenvalue weighted by atomic mass is 10.2. The van der Waals surface area contributed by atoms with Gasteiger partial charge in [0.15, 0.2) is 22.5 Å². The Kier molecular flexibility index (Phi) is 8.65. The van der Waals surface area contributed by atoms with E-state index in [1.165, 1.54) is 32.2 Å². The molecule has 1 heterocycles. The number of nitrogens with zero attached hydrogens (tertiary/aromatic N) is 4. The normalized spacial score (nSPS) is 10.9. The van der Waals surface area contributed by atoms with Crippen molar-refractivity contribution in [2.45, 2.75) is 5.16 Å². The minimum absolute atomic E-state index is 0.0754. The molecule has 11 heteroatoms. The molecule has 0 radical (unpaired) electrons. The third-order valence-electron chi connectivity index (χ3n) is 5.21. The number of benzene rings is 3. The smallest absolute Gasteiger partial charge is 0.250 e. The molecule has 37 heavy (non-hydrogen) atoms. The van der Waals surface area contributed by atoms with Crippen LogP contribution in [-0.2, 0) is 4.79 Å². The van der Waals surface area contributed by atoms with Crippen molar-refractivity contribution in [2.75, 3.05) is 27.1 Å². The lowest BCUT2D eigenvalue weighted by Crippen LogP contribution is -2.20. The first-order valence-electron chi connectivity index (χ1n) is 11.1. The first-order valence-corrected chi connectivity index (χ1v) is 12.4. The second-order valence-electron chi connectivity index (χ2n) is 7.52. The maximum Gasteiger partial charge on any atom is 0.250 e. The van der Waals surface area contributed by atoms with Crippen LogP contribution in [0.2, 0.25) is 5.02 Å². The van der Waals surface area contributed by atoms with Gasteiger partial charge in [-0.3, -0.25) is 9.36 Å². The van der Waals surface area contributed by atoms with E-state index in [0.29, 0.717) is 38.8 Å². The molecule has 1 aromatic heterocycles. The zero-order valence-corrected chi connectivity index (χ0v) is 21.9. The summed E-state index contributed by atoms with van der Waals surface area (Å²) < 4.78 is 17.9. The fraction of sp³-hybridized carbons (Fsp3) is 0.154. The average molecular weight is 538 g/mol. The van der Waals surface area contributed by atoms with Crippen LogP contribution in [0.15, 0.2) is 77.0 Å². The molecule has 4 aromatic rings. The number of thioether (sulfide) groups is 1. The molecule has 0 aliphatic carbocycles. The van der Waals surface area contributed by atoms with Crippen LogP contribution in [0.3, 0.4) is 0 Å². The lowest BCUT2D eigenvalue weighted by Gasteiger charge is -2.11. The Morgan fingerprint density at radius 3 is 2.32 bits per heavy atom. The number of amides is 1. The molecule has 190 valence electrons. The molecule has 0 bridgehead atoms. The van der Waals surface area contributed by atoms with Gasteiger partial charge in [-0.05, 0) is 42.5 Å². The second kappa shape index (κ2) is 12.3. The number of ether oxygens (including phenoxy) is 3. The summed E-state index contributed by atoms with van der Waals surface area (Å²) in [7, 11) is 4.62.